The van der Waals surface area contributed by atoms with Crippen molar-refractivity contribution < 1.29 is 0 Å². The molecule has 2 fully saturated rings. The quantitative estimate of drug-likeness (QED) is 0.656. The average molecular weight is 153 g/mol. The lowest BCUT2D eigenvalue weighted by atomic mass is 9.86. The molecule has 1 unspecified atom stereocenters. The smallest absolute Gasteiger partial charge is 0.00990 e. The van der Waals surface area contributed by atoms with Crippen LogP contribution in [0.5, 0.6) is 0 Å². The number of hydrogen-bond acceptors (Lipinski definition) is 1. The van der Waals surface area contributed by atoms with Gasteiger partial charge in [-0.3, -0.25) is 0 Å². The molecule has 0 amide bonds. The van der Waals surface area contributed by atoms with E-state index < -0.39 is 0 Å². The minimum Gasteiger partial charge on any atom is -0.311 e. The van der Waals surface area contributed by atoms with Gasteiger partial charge in [-0.2, -0.15) is 0 Å². The van der Waals surface area contributed by atoms with Crippen LogP contribution in [-0.4, -0.2) is 12.1 Å². The fourth-order valence-electron chi connectivity index (χ4n) is 2.72. The molecule has 1 nitrogen and oxygen atoms in total. The van der Waals surface area contributed by atoms with Gasteiger partial charge in [0.25, 0.3) is 0 Å². The van der Waals surface area contributed by atoms with E-state index in [1.54, 1.807) is 0 Å². The molecule has 1 heteroatoms. The van der Waals surface area contributed by atoms with E-state index in [9.17, 15) is 0 Å². The van der Waals surface area contributed by atoms with E-state index in [0.717, 1.165) is 18.0 Å². The number of hydrogen-bond donors (Lipinski definition) is 1. The van der Waals surface area contributed by atoms with Crippen molar-refractivity contribution in [3.8, 4) is 0 Å². The third-order valence-corrected chi connectivity index (χ3v) is 3.36. The Morgan fingerprint density at radius 1 is 1.36 bits per heavy atom. The molecule has 2 bridgehead atoms. The van der Waals surface area contributed by atoms with Crippen molar-refractivity contribution in [1.29, 1.82) is 0 Å². The van der Waals surface area contributed by atoms with Crippen LogP contribution in [0.25, 0.3) is 0 Å². The Morgan fingerprint density at radius 2 is 2.27 bits per heavy atom. The van der Waals surface area contributed by atoms with Crippen molar-refractivity contribution in [3.05, 3.63) is 0 Å². The van der Waals surface area contributed by atoms with E-state index in [-0.39, 0.29) is 0 Å². The molecule has 0 saturated carbocycles. The fraction of sp³-hybridized carbons (Fsp3) is 1.00. The molecule has 0 aliphatic carbocycles. The number of nitrogens with one attached hydrogen (secondary N) is 1. The molecule has 0 aromatic heterocycles. The summed E-state index contributed by atoms with van der Waals surface area (Å²) in [4.78, 5) is 0. The Kier molecular flexibility index (Phi) is 2.17. The number of unbranched alkanes of at least 4 members (excludes halogenated alkanes) is 1. The van der Waals surface area contributed by atoms with Gasteiger partial charge in [0.05, 0.1) is 0 Å². The standard InChI is InChI=1S/C10H19N/c1-2-3-4-8-7-9-5-6-10(8)11-9/h8-11H,2-7H2,1H3/t8?,9-,10+/m0/s1. The molecule has 3 atom stereocenters. The lowest BCUT2D eigenvalue weighted by Crippen LogP contribution is -2.22. The first-order valence-corrected chi connectivity index (χ1v) is 5.16. The lowest BCUT2D eigenvalue weighted by Gasteiger charge is -2.19. The summed E-state index contributed by atoms with van der Waals surface area (Å²) in [6.07, 6.45) is 8.67. The van der Waals surface area contributed by atoms with Crippen molar-refractivity contribution in [2.45, 2.75) is 57.5 Å². The molecule has 1 N–H and O–H groups in total. The van der Waals surface area contributed by atoms with E-state index in [1.165, 1.54) is 38.5 Å². The lowest BCUT2D eigenvalue weighted by molar-refractivity contribution is 0.372. The van der Waals surface area contributed by atoms with Crippen LogP contribution in [0.4, 0.5) is 0 Å². The second-order valence-electron chi connectivity index (χ2n) is 4.19. The van der Waals surface area contributed by atoms with Crippen LogP contribution in [0.1, 0.15) is 45.4 Å². The van der Waals surface area contributed by atoms with Crippen LogP contribution < -0.4 is 5.32 Å². The number of rotatable bonds is 3. The van der Waals surface area contributed by atoms with E-state index in [2.05, 4.69) is 12.2 Å². The zero-order valence-electron chi connectivity index (χ0n) is 7.47. The highest BCUT2D eigenvalue weighted by atomic mass is 15.0. The molecule has 11 heavy (non-hydrogen) atoms. The molecular weight excluding hydrogens is 134 g/mol. The van der Waals surface area contributed by atoms with Gasteiger partial charge in [0.15, 0.2) is 0 Å². The summed E-state index contributed by atoms with van der Waals surface area (Å²) in [5.41, 5.74) is 0. The van der Waals surface area contributed by atoms with E-state index in [1.807, 2.05) is 0 Å². The predicted octanol–water partition coefficient (Wildman–Crippen LogP) is 2.32. The zero-order valence-corrected chi connectivity index (χ0v) is 7.47. The molecule has 0 radical (unpaired) electrons. The third-order valence-electron chi connectivity index (χ3n) is 3.36. The largest absolute Gasteiger partial charge is 0.311 e. The zero-order chi connectivity index (χ0) is 7.68. The second kappa shape index (κ2) is 3.14. The Morgan fingerprint density at radius 3 is 2.82 bits per heavy atom. The Bertz CT molecular complexity index is 133. The van der Waals surface area contributed by atoms with Crippen LogP contribution in [0.3, 0.4) is 0 Å². The topological polar surface area (TPSA) is 12.0 Å². The molecule has 2 saturated heterocycles. The summed E-state index contributed by atoms with van der Waals surface area (Å²) in [5.74, 6) is 1.04. The van der Waals surface area contributed by atoms with Crippen molar-refractivity contribution >= 4 is 0 Å². The fourth-order valence-corrected chi connectivity index (χ4v) is 2.72. The van der Waals surface area contributed by atoms with Gasteiger partial charge in [0.2, 0.25) is 0 Å². The summed E-state index contributed by atoms with van der Waals surface area (Å²) in [6.45, 7) is 2.29. The van der Waals surface area contributed by atoms with Gasteiger partial charge in [-0.25, -0.2) is 0 Å². The van der Waals surface area contributed by atoms with Gasteiger partial charge < -0.3 is 5.32 Å². The maximum Gasteiger partial charge on any atom is 0.00990 e. The van der Waals surface area contributed by atoms with Gasteiger partial charge in [-0.1, -0.05) is 19.8 Å². The Hall–Kier alpha value is -0.0400. The molecule has 2 aliphatic heterocycles. The van der Waals surface area contributed by atoms with Crippen LogP contribution in [0, 0.1) is 5.92 Å². The van der Waals surface area contributed by atoms with Gasteiger partial charge in [0, 0.05) is 12.1 Å². The molecule has 2 heterocycles. The van der Waals surface area contributed by atoms with Crippen LogP contribution in [0.2, 0.25) is 0 Å². The van der Waals surface area contributed by atoms with Crippen molar-refractivity contribution in [2.75, 3.05) is 0 Å². The first-order chi connectivity index (χ1) is 5.40. The Labute approximate surface area is 69.6 Å². The van der Waals surface area contributed by atoms with Gasteiger partial charge in [-0.05, 0) is 31.6 Å². The molecule has 2 aliphatic rings. The summed E-state index contributed by atoms with van der Waals surface area (Å²) in [5, 5.41) is 3.69. The minimum atomic E-state index is 0.904. The minimum absolute atomic E-state index is 0.904. The van der Waals surface area contributed by atoms with E-state index >= 15 is 0 Å². The maximum atomic E-state index is 3.69. The molecule has 0 spiro atoms. The van der Waals surface area contributed by atoms with Crippen molar-refractivity contribution in [3.63, 3.8) is 0 Å². The molecule has 2 rings (SSSR count). The number of fused-ring (bicyclic) bond motifs is 2. The molecule has 0 aromatic rings. The van der Waals surface area contributed by atoms with Gasteiger partial charge in [0.1, 0.15) is 0 Å². The van der Waals surface area contributed by atoms with Crippen molar-refractivity contribution in [2.24, 2.45) is 5.92 Å². The van der Waals surface area contributed by atoms with Gasteiger partial charge in [-0.15, -0.1) is 0 Å². The monoisotopic (exact) mass is 153 g/mol. The summed E-state index contributed by atoms with van der Waals surface area (Å²) < 4.78 is 0. The summed E-state index contributed by atoms with van der Waals surface area (Å²) in [7, 11) is 0. The predicted molar refractivity (Wildman–Crippen MR) is 47.6 cm³/mol. The van der Waals surface area contributed by atoms with Crippen LogP contribution >= 0.6 is 0 Å². The normalized spacial score (nSPS) is 41.7. The third kappa shape index (κ3) is 1.44. The highest BCUT2D eigenvalue weighted by Crippen LogP contribution is 2.35. The Balaban J connectivity index is 1.78. The summed E-state index contributed by atoms with van der Waals surface area (Å²) >= 11 is 0. The average Bonchev–Trinajstić information content (AvgIpc) is 2.60. The highest BCUT2D eigenvalue weighted by Gasteiger charge is 2.37. The first kappa shape index (κ1) is 7.60. The summed E-state index contributed by atoms with van der Waals surface area (Å²) in [6, 6.07) is 1.81. The second-order valence-corrected chi connectivity index (χ2v) is 4.19. The molecule has 0 aromatic carbocycles. The van der Waals surface area contributed by atoms with E-state index in [4.69, 9.17) is 0 Å². The van der Waals surface area contributed by atoms with E-state index in [0.29, 0.717) is 0 Å². The molecular formula is C10H19N. The maximum absolute atomic E-state index is 3.69. The molecule has 64 valence electrons. The van der Waals surface area contributed by atoms with Crippen molar-refractivity contribution in [1.82, 2.24) is 5.32 Å². The highest BCUT2D eigenvalue weighted by molar-refractivity contribution is 4.96. The van der Waals surface area contributed by atoms with Crippen LogP contribution in [0.15, 0.2) is 0 Å². The van der Waals surface area contributed by atoms with Gasteiger partial charge >= 0.3 is 0 Å². The SMILES string of the molecule is CCCCC1C[C@@H]2CC[C@H]1N2. The van der Waals surface area contributed by atoms with Crippen LogP contribution in [-0.2, 0) is 0 Å². The first-order valence-electron chi connectivity index (χ1n) is 5.16.